The average Bonchev–Trinajstić information content (AvgIpc) is 2.25. The van der Waals surface area contributed by atoms with Crippen molar-refractivity contribution in [2.45, 2.75) is 32.9 Å². The normalized spacial score (nSPS) is 12.3. The number of anilines is 1. The minimum absolute atomic E-state index is 0.00894. The quantitative estimate of drug-likeness (QED) is 0.598. The summed E-state index contributed by atoms with van der Waals surface area (Å²) in [6, 6.07) is 4.71. The molecule has 0 spiro atoms. The highest BCUT2D eigenvalue weighted by Crippen LogP contribution is 2.30. The zero-order valence-corrected chi connectivity index (χ0v) is 10.8. The van der Waals surface area contributed by atoms with Gasteiger partial charge in [0.05, 0.1) is 11.0 Å². The predicted molar refractivity (Wildman–Crippen MR) is 71.0 cm³/mol. The first kappa shape index (κ1) is 14.2. The Kier molecular flexibility index (Phi) is 4.91. The molecule has 0 aliphatic carbocycles. The van der Waals surface area contributed by atoms with Gasteiger partial charge in [-0.15, -0.1) is 0 Å². The summed E-state index contributed by atoms with van der Waals surface area (Å²) in [6.45, 7) is 6.13. The van der Waals surface area contributed by atoms with E-state index in [1.54, 1.807) is 12.1 Å². The van der Waals surface area contributed by atoms with Gasteiger partial charge in [-0.05, 0) is 26.8 Å². The minimum atomic E-state index is -0.451. The second-order valence-electron chi connectivity index (χ2n) is 4.46. The van der Waals surface area contributed by atoms with Crippen LogP contribution in [0.3, 0.4) is 0 Å². The van der Waals surface area contributed by atoms with E-state index >= 15 is 0 Å². The van der Waals surface area contributed by atoms with Gasteiger partial charge in [0.1, 0.15) is 0 Å². The van der Waals surface area contributed by atoms with E-state index in [4.69, 9.17) is 10.5 Å². The fourth-order valence-electron chi connectivity index (χ4n) is 1.40. The second-order valence-corrected chi connectivity index (χ2v) is 4.46. The molecule has 0 amide bonds. The van der Waals surface area contributed by atoms with Crippen molar-refractivity contribution in [3.05, 3.63) is 28.3 Å². The lowest BCUT2D eigenvalue weighted by atomic mass is 10.2. The number of nitrogens with two attached hydrogens (primary N) is 1. The van der Waals surface area contributed by atoms with Crippen LogP contribution in [0, 0.1) is 10.1 Å². The molecule has 6 nitrogen and oxygen atoms in total. The van der Waals surface area contributed by atoms with Crippen molar-refractivity contribution in [1.29, 1.82) is 0 Å². The lowest BCUT2D eigenvalue weighted by Crippen LogP contribution is -2.25. The SMILES string of the molecule is CC(N)CNc1ccc([N+](=O)[O-])c(OC(C)C)c1. The molecule has 0 aliphatic heterocycles. The van der Waals surface area contributed by atoms with Crippen LogP contribution in [0.25, 0.3) is 0 Å². The fourth-order valence-corrected chi connectivity index (χ4v) is 1.40. The molecule has 0 radical (unpaired) electrons. The molecule has 1 rings (SSSR count). The molecule has 18 heavy (non-hydrogen) atoms. The molecule has 1 aromatic carbocycles. The third kappa shape index (κ3) is 4.21. The Morgan fingerprint density at radius 1 is 1.44 bits per heavy atom. The van der Waals surface area contributed by atoms with E-state index in [0.29, 0.717) is 6.54 Å². The smallest absolute Gasteiger partial charge is 0.311 e. The van der Waals surface area contributed by atoms with Gasteiger partial charge in [0.2, 0.25) is 0 Å². The number of nitro benzene ring substituents is 1. The summed E-state index contributed by atoms with van der Waals surface area (Å²) in [5.74, 6) is 0.268. The molecule has 0 bridgehead atoms. The lowest BCUT2D eigenvalue weighted by Gasteiger charge is -2.13. The standard InChI is InChI=1S/C12H19N3O3/c1-8(2)18-12-6-10(14-7-9(3)13)4-5-11(12)15(16)17/h4-6,8-9,14H,7,13H2,1-3H3. The van der Waals surface area contributed by atoms with Gasteiger partial charge >= 0.3 is 5.69 Å². The molecule has 0 aliphatic rings. The summed E-state index contributed by atoms with van der Waals surface area (Å²) in [4.78, 5) is 10.4. The topological polar surface area (TPSA) is 90.4 Å². The van der Waals surface area contributed by atoms with Crippen LogP contribution in [0.4, 0.5) is 11.4 Å². The first-order valence-electron chi connectivity index (χ1n) is 5.84. The first-order chi connectivity index (χ1) is 8.40. The lowest BCUT2D eigenvalue weighted by molar-refractivity contribution is -0.386. The largest absolute Gasteiger partial charge is 0.484 e. The summed E-state index contributed by atoms with van der Waals surface area (Å²) >= 11 is 0. The molecule has 1 aromatic rings. The summed E-state index contributed by atoms with van der Waals surface area (Å²) in [6.07, 6.45) is -0.118. The number of rotatable bonds is 6. The summed E-state index contributed by atoms with van der Waals surface area (Å²) in [5, 5.41) is 14.0. The molecule has 3 N–H and O–H groups in total. The molecule has 6 heteroatoms. The van der Waals surface area contributed by atoms with Gasteiger partial charge in [-0.2, -0.15) is 0 Å². The maximum absolute atomic E-state index is 10.9. The number of ether oxygens (including phenoxy) is 1. The van der Waals surface area contributed by atoms with Gasteiger partial charge in [0.15, 0.2) is 5.75 Å². The van der Waals surface area contributed by atoms with Crippen molar-refractivity contribution in [1.82, 2.24) is 0 Å². The second kappa shape index (κ2) is 6.20. The van der Waals surface area contributed by atoms with Crippen LogP contribution in [0.5, 0.6) is 5.75 Å². The van der Waals surface area contributed by atoms with Crippen molar-refractivity contribution >= 4 is 11.4 Å². The van der Waals surface area contributed by atoms with Crippen LogP contribution in [0.1, 0.15) is 20.8 Å². The summed E-state index contributed by atoms with van der Waals surface area (Å²) in [5.41, 5.74) is 6.36. The Morgan fingerprint density at radius 2 is 2.11 bits per heavy atom. The molecule has 0 heterocycles. The van der Waals surface area contributed by atoms with E-state index in [9.17, 15) is 10.1 Å². The summed E-state index contributed by atoms with van der Waals surface area (Å²) in [7, 11) is 0. The predicted octanol–water partition coefficient (Wildman–Crippen LogP) is 2.14. The van der Waals surface area contributed by atoms with Gasteiger partial charge in [0, 0.05) is 30.4 Å². The van der Waals surface area contributed by atoms with Crippen LogP contribution in [-0.4, -0.2) is 23.6 Å². The highest BCUT2D eigenvalue weighted by molar-refractivity contribution is 5.58. The van der Waals surface area contributed by atoms with Gasteiger partial charge in [-0.1, -0.05) is 0 Å². The molecule has 0 fully saturated rings. The molecular weight excluding hydrogens is 234 g/mol. The Bertz CT molecular complexity index is 419. The summed E-state index contributed by atoms with van der Waals surface area (Å²) < 4.78 is 5.44. The van der Waals surface area contributed by atoms with E-state index in [1.165, 1.54) is 6.07 Å². The van der Waals surface area contributed by atoms with Crippen molar-refractivity contribution in [2.24, 2.45) is 5.73 Å². The number of nitrogens with one attached hydrogen (secondary N) is 1. The maximum atomic E-state index is 10.9. The third-order valence-corrected chi connectivity index (χ3v) is 2.15. The molecule has 100 valence electrons. The van der Waals surface area contributed by atoms with E-state index in [-0.39, 0.29) is 23.6 Å². The van der Waals surface area contributed by atoms with Gasteiger partial charge < -0.3 is 15.8 Å². The van der Waals surface area contributed by atoms with Crippen molar-refractivity contribution < 1.29 is 9.66 Å². The zero-order chi connectivity index (χ0) is 13.7. The maximum Gasteiger partial charge on any atom is 0.311 e. The molecule has 0 saturated carbocycles. The molecule has 0 aromatic heterocycles. The Hall–Kier alpha value is -1.82. The van der Waals surface area contributed by atoms with E-state index < -0.39 is 4.92 Å². The third-order valence-electron chi connectivity index (χ3n) is 2.15. The van der Waals surface area contributed by atoms with Gasteiger partial charge in [0.25, 0.3) is 0 Å². The highest BCUT2D eigenvalue weighted by Gasteiger charge is 2.16. The molecule has 1 unspecified atom stereocenters. The van der Waals surface area contributed by atoms with Crippen molar-refractivity contribution in [3.63, 3.8) is 0 Å². The first-order valence-corrected chi connectivity index (χ1v) is 5.84. The van der Waals surface area contributed by atoms with Crippen molar-refractivity contribution in [2.75, 3.05) is 11.9 Å². The number of nitro groups is 1. The Morgan fingerprint density at radius 3 is 2.61 bits per heavy atom. The average molecular weight is 253 g/mol. The van der Waals surface area contributed by atoms with Crippen LogP contribution in [0.2, 0.25) is 0 Å². The molecular formula is C12H19N3O3. The minimum Gasteiger partial charge on any atom is -0.484 e. The van der Waals surface area contributed by atoms with Gasteiger partial charge in [-0.25, -0.2) is 0 Å². The monoisotopic (exact) mass is 253 g/mol. The van der Waals surface area contributed by atoms with Crippen LogP contribution < -0.4 is 15.8 Å². The van der Waals surface area contributed by atoms with Crippen LogP contribution >= 0.6 is 0 Å². The number of hydrogen-bond donors (Lipinski definition) is 2. The number of nitrogens with zero attached hydrogens (tertiary/aromatic N) is 1. The number of benzene rings is 1. The molecule has 1 atom stereocenters. The van der Waals surface area contributed by atoms with E-state index in [2.05, 4.69) is 5.32 Å². The van der Waals surface area contributed by atoms with Crippen LogP contribution in [0.15, 0.2) is 18.2 Å². The van der Waals surface area contributed by atoms with E-state index in [0.717, 1.165) is 5.69 Å². The molecule has 0 saturated heterocycles. The number of hydrogen-bond acceptors (Lipinski definition) is 5. The Balaban J connectivity index is 2.93. The van der Waals surface area contributed by atoms with E-state index in [1.807, 2.05) is 20.8 Å². The fraction of sp³-hybridized carbons (Fsp3) is 0.500. The van der Waals surface area contributed by atoms with Crippen LogP contribution in [-0.2, 0) is 0 Å². The van der Waals surface area contributed by atoms with Crippen molar-refractivity contribution in [3.8, 4) is 5.75 Å². The zero-order valence-electron chi connectivity index (χ0n) is 10.8. The highest BCUT2D eigenvalue weighted by atomic mass is 16.6. The van der Waals surface area contributed by atoms with Gasteiger partial charge in [-0.3, -0.25) is 10.1 Å². The Labute approximate surface area is 106 Å².